The van der Waals surface area contributed by atoms with Gasteiger partial charge < -0.3 is 16.0 Å². The van der Waals surface area contributed by atoms with Gasteiger partial charge in [0.15, 0.2) is 0 Å². The maximum Gasteiger partial charge on any atom is 0.314 e. The zero-order chi connectivity index (χ0) is 13.8. The average molecular weight is 279 g/mol. The monoisotopic (exact) mass is 278 g/mol. The minimum absolute atomic E-state index is 0.223. The fourth-order valence-electron chi connectivity index (χ4n) is 2.20. The smallest absolute Gasteiger partial charge is 0.314 e. The number of nitriles is 1. The molecule has 0 aliphatic carbocycles. The first kappa shape index (κ1) is 13.5. The molecule has 1 saturated heterocycles. The number of halogens is 1. The second kappa shape index (κ2) is 5.81. The Hall–Kier alpha value is -1.93. The number of nitrogens with one attached hydrogen (secondary N) is 1. The van der Waals surface area contributed by atoms with Gasteiger partial charge in [-0.25, -0.2) is 4.79 Å². The van der Waals surface area contributed by atoms with Crippen LogP contribution >= 0.6 is 11.6 Å². The van der Waals surface area contributed by atoms with E-state index in [1.54, 1.807) is 23.1 Å². The number of anilines is 1. The van der Waals surface area contributed by atoms with E-state index in [0.717, 1.165) is 18.5 Å². The molecule has 1 aromatic carbocycles. The third-order valence-electron chi connectivity index (χ3n) is 3.27. The van der Waals surface area contributed by atoms with Gasteiger partial charge in [0.2, 0.25) is 0 Å². The fraction of sp³-hybridized carbons (Fsp3) is 0.385. The van der Waals surface area contributed by atoms with Gasteiger partial charge in [-0.3, -0.25) is 0 Å². The highest BCUT2D eigenvalue weighted by atomic mass is 35.5. The molecule has 1 aliphatic rings. The van der Waals surface area contributed by atoms with E-state index in [1.165, 1.54) is 0 Å². The van der Waals surface area contributed by atoms with Crippen molar-refractivity contribution in [2.45, 2.75) is 18.9 Å². The number of hydrogen-bond donors (Lipinski definition) is 2. The van der Waals surface area contributed by atoms with E-state index in [1.807, 2.05) is 0 Å². The Bertz CT molecular complexity index is 518. The quantitative estimate of drug-likeness (QED) is 0.870. The van der Waals surface area contributed by atoms with Crippen molar-refractivity contribution in [1.82, 2.24) is 4.90 Å². The molecule has 0 saturated carbocycles. The van der Waals surface area contributed by atoms with Crippen molar-refractivity contribution in [2.24, 2.45) is 5.73 Å². The largest absolute Gasteiger partial charge is 0.381 e. The number of hydrogen-bond acceptors (Lipinski definition) is 3. The van der Waals surface area contributed by atoms with Crippen molar-refractivity contribution in [1.29, 1.82) is 5.26 Å². The third-order valence-corrected chi connectivity index (χ3v) is 3.50. The summed E-state index contributed by atoms with van der Waals surface area (Å²) in [6.45, 7) is 1.27. The van der Waals surface area contributed by atoms with Gasteiger partial charge in [-0.2, -0.15) is 5.26 Å². The molecule has 1 heterocycles. The summed E-state index contributed by atoms with van der Waals surface area (Å²) in [6.07, 6.45) is 1.61. The Balaban J connectivity index is 2.01. The lowest BCUT2D eigenvalue weighted by atomic mass is 10.0. The van der Waals surface area contributed by atoms with E-state index in [9.17, 15) is 4.79 Å². The first-order valence-corrected chi connectivity index (χ1v) is 6.48. The summed E-state index contributed by atoms with van der Waals surface area (Å²) >= 11 is 5.94. The highest BCUT2D eigenvalue weighted by molar-refractivity contribution is 6.30. The molecule has 0 atom stereocenters. The van der Waals surface area contributed by atoms with Crippen LogP contribution in [0.4, 0.5) is 10.5 Å². The van der Waals surface area contributed by atoms with Crippen LogP contribution in [-0.4, -0.2) is 30.1 Å². The molecule has 19 heavy (non-hydrogen) atoms. The maximum atomic E-state index is 11.0. The molecule has 2 amide bonds. The molecule has 5 nitrogen and oxygen atoms in total. The minimum Gasteiger partial charge on any atom is -0.381 e. The Kier molecular flexibility index (Phi) is 4.13. The molecule has 0 bridgehead atoms. The van der Waals surface area contributed by atoms with Gasteiger partial charge in [0, 0.05) is 24.2 Å². The van der Waals surface area contributed by atoms with Crippen LogP contribution in [0.5, 0.6) is 0 Å². The second-order valence-corrected chi connectivity index (χ2v) is 4.98. The lowest BCUT2D eigenvalue weighted by Crippen LogP contribution is -2.44. The van der Waals surface area contributed by atoms with Crippen LogP contribution in [0, 0.1) is 11.3 Å². The molecule has 3 N–H and O–H groups in total. The van der Waals surface area contributed by atoms with E-state index in [2.05, 4.69) is 11.4 Å². The van der Waals surface area contributed by atoms with E-state index in [4.69, 9.17) is 22.6 Å². The Morgan fingerprint density at radius 2 is 2.16 bits per heavy atom. The van der Waals surface area contributed by atoms with E-state index < -0.39 is 0 Å². The minimum atomic E-state index is -0.376. The molecule has 1 aliphatic heterocycles. The van der Waals surface area contributed by atoms with Gasteiger partial charge in [-0.1, -0.05) is 11.6 Å². The van der Waals surface area contributed by atoms with Crippen molar-refractivity contribution >= 4 is 23.3 Å². The van der Waals surface area contributed by atoms with Gasteiger partial charge in [0.1, 0.15) is 6.07 Å². The Morgan fingerprint density at radius 1 is 1.47 bits per heavy atom. The first-order valence-electron chi connectivity index (χ1n) is 6.10. The predicted octanol–water partition coefficient (Wildman–Crippen LogP) is 2.17. The fourth-order valence-corrected chi connectivity index (χ4v) is 2.37. The highest BCUT2D eigenvalue weighted by Gasteiger charge is 2.21. The molecule has 0 aromatic heterocycles. The van der Waals surface area contributed by atoms with Crippen LogP contribution in [0.15, 0.2) is 18.2 Å². The van der Waals surface area contributed by atoms with Crippen LogP contribution in [-0.2, 0) is 0 Å². The Labute approximate surface area is 116 Å². The molecule has 1 aromatic rings. The number of nitrogens with two attached hydrogens (primary N) is 1. The summed E-state index contributed by atoms with van der Waals surface area (Å²) in [4.78, 5) is 12.7. The van der Waals surface area contributed by atoms with Gasteiger partial charge in [0.25, 0.3) is 0 Å². The normalized spacial score (nSPS) is 15.9. The molecule has 0 radical (unpaired) electrons. The zero-order valence-electron chi connectivity index (χ0n) is 10.4. The zero-order valence-corrected chi connectivity index (χ0v) is 11.2. The van der Waals surface area contributed by atoms with Gasteiger partial charge in [0.05, 0.1) is 11.3 Å². The van der Waals surface area contributed by atoms with Crippen molar-refractivity contribution in [3.05, 3.63) is 28.8 Å². The number of likely N-dealkylation sites (tertiary alicyclic amines) is 1. The average Bonchev–Trinajstić information content (AvgIpc) is 2.39. The summed E-state index contributed by atoms with van der Waals surface area (Å²) in [5, 5.41) is 13.0. The second-order valence-electron chi connectivity index (χ2n) is 4.55. The van der Waals surface area contributed by atoms with Crippen molar-refractivity contribution in [2.75, 3.05) is 18.4 Å². The van der Waals surface area contributed by atoms with Crippen LogP contribution in [0.2, 0.25) is 5.02 Å². The van der Waals surface area contributed by atoms with Crippen molar-refractivity contribution < 1.29 is 4.79 Å². The summed E-state index contributed by atoms with van der Waals surface area (Å²) in [7, 11) is 0. The first-order chi connectivity index (χ1) is 9.10. The summed E-state index contributed by atoms with van der Waals surface area (Å²) in [6, 6.07) is 7.12. The van der Waals surface area contributed by atoms with E-state index >= 15 is 0 Å². The Morgan fingerprint density at radius 3 is 2.74 bits per heavy atom. The van der Waals surface area contributed by atoms with Crippen molar-refractivity contribution in [3.63, 3.8) is 0 Å². The highest BCUT2D eigenvalue weighted by Crippen LogP contribution is 2.23. The molecule has 0 unspecified atom stereocenters. The van der Waals surface area contributed by atoms with E-state index in [0.29, 0.717) is 23.7 Å². The van der Waals surface area contributed by atoms with Crippen LogP contribution in [0.1, 0.15) is 18.4 Å². The summed E-state index contributed by atoms with van der Waals surface area (Å²) in [5.74, 6) is 0. The molecular weight excluding hydrogens is 264 g/mol. The number of nitrogens with zero attached hydrogens (tertiary/aromatic N) is 2. The number of piperidine rings is 1. The summed E-state index contributed by atoms with van der Waals surface area (Å²) < 4.78 is 0. The van der Waals surface area contributed by atoms with E-state index in [-0.39, 0.29) is 12.1 Å². The van der Waals surface area contributed by atoms with Crippen LogP contribution in [0.25, 0.3) is 0 Å². The van der Waals surface area contributed by atoms with Gasteiger partial charge in [-0.05, 0) is 31.0 Å². The SMILES string of the molecule is N#Cc1ccc(Cl)cc1NC1CCN(C(N)=O)CC1. The van der Waals surface area contributed by atoms with Crippen LogP contribution in [0.3, 0.4) is 0 Å². The van der Waals surface area contributed by atoms with Gasteiger partial charge in [-0.15, -0.1) is 0 Å². The number of benzene rings is 1. The lowest BCUT2D eigenvalue weighted by Gasteiger charge is -2.31. The van der Waals surface area contributed by atoms with Crippen molar-refractivity contribution in [3.8, 4) is 6.07 Å². The number of carbonyl (C=O) groups excluding carboxylic acids is 1. The number of urea groups is 1. The molecular formula is C13H15ClN4O. The number of amides is 2. The lowest BCUT2D eigenvalue weighted by molar-refractivity contribution is 0.193. The molecule has 2 rings (SSSR count). The number of rotatable bonds is 2. The molecule has 0 spiro atoms. The molecule has 100 valence electrons. The van der Waals surface area contributed by atoms with Crippen LogP contribution < -0.4 is 11.1 Å². The number of primary amides is 1. The molecule has 1 fully saturated rings. The summed E-state index contributed by atoms with van der Waals surface area (Å²) in [5.41, 5.74) is 6.55. The topological polar surface area (TPSA) is 82.2 Å². The molecule has 6 heteroatoms. The standard InChI is InChI=1S/C13H15ClN4O/c14-10-2-1-9(8-15)12(7-10)17-11-3-5-18(6-4-11)13(16)19/h1-2,7,11,17H,3-6H2,(H2,16,19). The maximum absolute atomic E-state index is 11.0. The predicted molar refractivity (Wildman–Crippen MR) is 74.0 cm³/mol. The number of carbonyl (C=O) groups is 1. The van der Waals surface area contributed by atoms with Gasteiger partial charge >= 0.3 is 6.03 Å². The third kappa shape index (κ3) is 3.30.